The Morgan fingerprint density at radius 1 is 1.08 bits per heavy atom. The van der Waals surface area contributed by atoms with Crippen LogP contribution >= 0.6 is 62.3 Å². The molecule has 0 spiro atoms. The highest BCUT2D eigenvalue weighted by Gasteiger charge is 2.44. The van der Waals surface area contributed by atoms with Gasteiger partial charge >= 0.3 is 10.1 Å². The summed E-state index contributed by atoms with van der Waals surface area (Å²) in [6, 6.07) is 1.15. The Bertz CT molecular complexity index is 918. The molecule has 0 bridgehead atoms. The van der Waals surface area contributed by atoms with E-state index in [1.165, 1.54) is 0 Å². The minimum Gasteiger partial charge on any atom is -0.222 e. The summed E-state index contributed by atoms with van der Waals surface area (Å²) in [5.74, 6) is 0. The number of sulfone groups is 1. The van der Waals surface area contributed by atoms with Gasteiger partial charge in [0, 0.05) is 0 Å². The average Bonchev–Trinajstić information content (AvgIpc) is 2.78. The lowest BCUT2D eigenvalue weighted by Gasteiger charge is -2.13. The lowest BCUT2D eigenvalue weighted by Crippen LogP contribution is -2.20. The van der Waals surface area contributed by atoms with Gasteiger partial charge in [0.15, 0.2) is 0 Å². The maximum Gasteiger partial charge on any atom is 0.416 e. The fourth-order valence-corrected chi connectivity index (χ4v) is 4.61. The molecule has 14 heteroatoms. The molecule has 0 saturated carbocycles. The van der Waals surface area contributed by atoms with Gasteiger partial charge in [0.2, 0.25) is 9.84 Å². The van der Waals surface area contributed by atoms with Crippen molar-refractivity contribution in [3.63, 3.8) is 0 Å². The van der Waals surface area contributed by atoms with E-state index >= 15 is 0 Å². The third-order valence-corrected chi connectivity index (χ3v) is 7.14. The van der Waals surface area contributed by atoms with E-state index in [0.29, 0.717) is 18.3 Å². The Hall–Kier alpha value is -0.260. The molecule has 0 N–H and O–H groups in total. The van der Waals surface area contributed by atoms with Gasteiger partial charge in [0.1, 0.15) is 15.2 Å². The van der Waals surface area contributed by atoms with Gasteiger partial charge in [-0.3, -0.25) is 0 Å². The zero-order chi connectivity index (χ0) is 19.4. The molecule has 0 unspecified atom stereocenters. The Balaban J connectivity index is 2.67. The molecule has 0 radical (unpaired) electrons. The van der Waals surface area contributed by atoms with Crippen LogP contribution in [0.3, 0.4) is 0 Å². The van der Waals surface area contributed by atoms with Crippen LogP contribution in [0.4, 0.5) is 17.6 Å². The highest BCUT2D eigenvalue weighted by molar-refractivity contribution is 9.10. The molecule has 1 aromatic heterocycles. The van der Waals surface area contributed by atoms with Gasteiger partial charge in [-0.2, -0.15) is 22.7 Å². The monoisotopic (exact) mass is 522 g/mol. The van der Waals surface area contributed by atoms with Crippen molar-refractivity contribution in [1.29, 1.82) is 0 Å². The van der Waals surface area contributed by atoms with Crippen molar-refractivity contribution in [2.45, 2.75) is 15.0 Å². The Morgan fingerprint density at radius 3 is 1.96 bits per heavy atom. The maximum absolute atomic E-state index is 13.5. The van der Waals surface area contributed by atoms with Crippen LogP contribution in [0.1, 0.15) is 5.56 Å². The molecule has 0 saturated heterocycles. The number of aromatic nitrogens is 2. The van der Waals surface area contributed by atoms with Crippen molar-refractivity contribution in [3.8, 4) is 5.69 Å². The first-order valence-electron chi connectivity index (χ1n) is 5.79. The van der Waals surface area contributed by atoms with Crippen LogP contribution in [-0.2, 0) is 16.0 Å². The highest BCUT2D eigenvalue weighted by Crippen LogP contribution is 2.41. The van der Waals surface area contributed by atoms with E-state index in [4.69, 9.17) is 46.4 Å². The first-order valence-corrected chi connectivity index (χ1v) is 9.58. The number of benzene rings is 1. The summed E-state index contributed by atoms with van der Waals surface area (Å²) in [6.07, 6.45) is -4.02. The molecule has 0 aliphatic carbocycles. The summed E-state index contributed by atoms with van der Waals surface area (Å²) in [6.45, 7) is 0. The van der Waals surface area contributed by atoms with Crippen LogP contribution in [0.2, 0.25) is 10.0 Å². The van der Waals surface area contributed by atoms with Crippen LogP contribution in [0, 0.1) is 0 Å². The predicted molar refractivity (Wildman–Crippen MR) is 89.0 cm³/mol. The molecule has 25 heavy (non-hydrogen) atoms. The molecule has 2 aromatic rings. The van der Waals surface area contributed by atoms with Crippen LogP contribution < -0.4 is 0 Å². The van der Waals surface area contributed by atoms with Crippen molar-refractivity contribution in [2.75, 3.05) is 0 Å². The lowest BCUT2D eigenvalue weighted by molar-refractivity contribution is -0.137. The van der Waals surface area contributed by atoms with Crippen molar-refractivity contribution in [3.05, 3.63) is 38.5 Å². The Morgan fingerprint density at radius 2 is 1.56 bits per heavy atom. The van der Waals surface area contributed by atoms with Gasteiger partial charge in [0.25, 0.3) is 0 Å². The third-order valence-electron chi connectivity index (χ3n) is 2.83. The molecule has 1 heterocycles. The van der Waals surface area contributed by atoms with Crippen LogP contribution in [0.25, 0.3) is 5.69 Å². The molecule has 0 fully saturated rings. The van der Waals surface area contributed by atoms with E-state index in [0.717, 1.165) is 4.68 Å². The first-order chi connectivity index (χ1) is 11.2. The van der Waals surface area contributed by atoms with Crippen molar-refractivity contribution >= 4 is 72.2 Å². The SMILES string of the molecule is O=S(=O)(c1cnn(-c2c(Cl)cc(C(F)(F)F)cc2Cl)c1Br)C(F)(Cl)Cl. The summed E-state index contributed by atoms with van der Waals surface area (Å²) < 4.78 is 72.3. The lowest BCUT2D eigenvalue weighted by atomic mass is 10.2. The molecule has 1 aromatic carbocycles. The largest absolute Gasteiger partial charge is 0.416 e. The number of hydrogen-bond donors (Lipinski definition) is 0. The van der Waals surface area contributed by atoms with Crippen LogP contribution in [0.15, 0.2) is 27.8 Å². The summed E-state index contributed by atoms with van der Waals surface area (Å²) in [5.41, 5.74) is -1.38. The van der Waals surface area contributed by atoms with Crippen molar-refractivity contribution in [1.82, 2.24) is 9.78 Å². The molecule has 4 nitrogen and oxygen atoms in total. The topological polar surface area (TPSA) is 52.0 Å². The molecule has 138 valence electrons. The van der Waals surface area contributed by atoms with Gasteiger partial charge in [-0.05, 0) is 51.3 Å². The van der Waals surface area contributed by atoms with E-state index in [-0.39, 0.29) is 10.3 Å². The average molecular weight is 525 g/mol. The van der Waals surface area contributed by atoms with E-state index in [1.807, 2.05) is 0 Å². The van der Waals surface area contributed by atoms with Gasteiger partial charge in [-0.15, -0.1) is 0 Å². The predicted octanol–water partition coefficient (Wildman–Crippen LogP) is 5.79. The molecule has 0 aliphatic rings. The summed E-state index contributed by atoms with van der Waals surface area (Å²) in [4.78, 5) is -0.757. The zero-order valence-electron chi connectivity index (χ0n) is 11.3. The summed E-state index contributed by atoms with van der Waals surface area (Å²) >= 11 is 24.5. The van der Waals surface area contributed by atoms with Crippen molar-refractivity contribution < 1.29 is 26.0 Å². The molecule has 0 amide bonds. The second-order valence-corrected chi connectivity index (χ2v) is 9.70. The minimum absolute atomic E-state index is 0.265. The number of nitrogens with zero attached hydrogens (tertiary/aromatic N) is 2. The standard InChI is InChI=1S/C11H3BrCl4F4N2O2S/c12-9-7(25(23,24)11(15,16)20)3-21-22(9)8-5(13)1-4(2-6(8)14)10(17,18)19/h1-3H. The maximum atomic E-state index is 13.5. The van der Waals surface area contributed by atoms with E-state index in [1.54, 1.807) is 0 Å². The third kappa shape index (κ3) is 3.89. The molecule has 2 rings (SSSR count). The smallest absolute Gasteiger partial charge is 0.222 e. The number of halogens is 9. The fourth-order valence-electron chi connectivity index (χ4n) is 1.71. The normalized spacial score (nSPS) is 13.3. The molecule has 0 aliphatic heterocycles. The number of alkyl halides is 6. The highest BCUT2D eigenvalue weighted by atomic mass is 79.9. The second-order valence-electron chi connectivity index (χ2n) is 4.45. The van der Waals surface area contributed by atoms with Gasteiger partial charge in [-0.1, -0.05) is 23.2 Å². The summed E-state index contributed by atoms with van der Waals surface area (Å²) in [5, 5.41) is 2.68. The van der Waals surface area contributed by atoms with Gasteiger partial charge in [-0.25, -0.2) is 13.1 Å². The zero-order valence-corrected chi connectivity index (χ0v) is 16.7. The van der Waals surface area contributed by atoms with Gasteiger partial charge < -0.3 is 0 Å². The van der Waals surface area contributed by atoms with E-state index < -0.39 is 40.4 Å². The second kappa shape index (κ2) is 6.72. The van der Waals surface area contributed by atoms with Crippen molar-refractivity contribution in [2.24, 2.45) is 0 Å². The molecular weight excluding hydrogens is 522 g/mol. The Kier molecular flexibility index (Phi) is 5.66. The quantitative estimate of drug-likeness (QED) is 0.377. The Labute approximate surface area is 166 Å². The fraction of sp³-hybridized carbons (Fsp3) is 0.182. The first kappa shape index (κ1) is 21.0. The van der Waals surface area contributed by atoms with E-state index in [9.17, 15) is 26.0 Å². The minimum atomic E-state index is -4.88. The van der Waals surface area contributed by atoms with Crippen LogP contribution in [-0.4, -0.2) is 22.1 Å². The molecular formula is C11H3BrCl4F4N2O2S. The number of hydrogen-bond acceptors (Lipinski definition) is 3. The van der Waals surface area contributed by atoms with Crippen LogP contribution in [0.5, 0.6) is 0 Å². The van der Waals surface area contributed by atoms with E-state index in [2.05, 4.69) is 21.0 Å². The summed E-state index contributed by atoms with van der Waals surface area (Å²) in [7, 11) is -4.88. The molecule has 0 atom stereocenters. The van der Waals surface area contributed by atoms with Gasteiger partial charge in [0.05, 0.1) is 21.8 Å². The number of rotatable bonds is 3.